The molecule has 0 saturated carbocycles. The summed E-state index contributed by atoms with van der Waals surface area (Å²) >= 11 is 6.14. The van der Waals surface area contributed by atoms with Crippen molar-refractivity contribution in [2.75, 3.05) is 6.54 Å². The van der Waals surface area contributed by atoms with E-state index >= 15 is 0 Å². The highest BCUT2D eigenvalue weighted by Crippen LogP contribution is 2.30. The van der Waals surface area contributed by atoms with Crippen molar-refractivity contribution in [3.05, 3.63) is 64.4 Å². The number of aryl methyl sites for hydroxylation is 1. The lowest BCUT2D eigenvalue weighted by atomic mass is 10.1. The highest BCUT2D eigenvalue weighted by molar-refractivity contribution is 6.31. The summed E-state index contributed by atoms with van der Waals surface area (Å²) in [5, 5.41) is 0.594. The first kappa shape index (κ1) is 22.2. The van der Waals surface area contributed by atoms with Gasteiger partial charge in [0.1, 0.15) is 5.82 Å². The molecule has 3 rings (SSSR count). The molecular weight excluding hydrogens is 415 g/mol. The van der Waals surface area contributed by atoms with Gasteiger partial charge >= 0.3 is 6.18 Å². The van der Waals surface area contributed by atoms with Gasteiger partial charge in [-0.1, -0.05) is 31.5 Å². The molecule has 0 radical (unpaired) electrons. The number of benzene rings is 2. The van der Waals surface area contributed by atoms with Crippen molar-refractivity contribution in [3.63, 3.8) is 0 Å². The van der Waals surface area contributed by atoms with Gasteiger partial charge in [-0.25, -0.2) is 4.98 Å². The van der Waals surface area contributed by atoms with Crippen LogP contribution >= 0.6 is 11.6 Å². The smallest absolute Gasteiger partial charge is 0.331 e. The molecule has 1 heterocycles. The Morgan fingerprint density at radius 1 is 1.13 bits per heavy atom. The average molecular weight is 438 g/mol. The van der Waals surface area contributed by atoms with Crippen LogP contribution in [-0.4, -0.2) is 26.9 Å². The SMILES string of the molecule is CCCN(Cc1nc2ccc(Cl)cc2n1CCC)C(=O)c1cccc(C(F)(F)F)c1. The highest BCUT2D eigenvalue weighted by atomic mass is 35.5. The molecule has 3 aromatic rings. The number of rotatable bonds is 7. The Morgan fingerprint density at radius 3 is 2.57 bits per heavy atom. The monoisotopic (exact) mass is 437 g/mol. The Labute approximate surface area is 178 Å². The van der Waals surface area contributed by atoms with Crippen LogP contribution in [0.5, 0.6) is 0 Å². The number of halogens is 4. The molecule has 0 spiro atoms. The van der Waals surface area contributed by atoms with Crippen molar-refractivity contribution in [2.45, 2.75) is 46.0 Å². The maximum Gasteiger partial charge on any atom is 0.416 e. The third kappa shape index (κ3) is 4.78. The number of imidazole rings is 1. The van der Waals surface area contributed by atoms with Gasteiger partial charge in [-0.05, 0) is 49.2 Å². The number of hydrogen-bond acceptors (Lipinski definition) is 2. The predicted molar refractivity (Wildman–Crippen MR) is 112 cm³/mol. The molecule has 1 amide bonds. The van der Waals surface area contributed by atoms with Crippen LogP contribution in [0.25, 0.3) is 11.0 Å². The standard InChI is InChI=1S/C22H23ClF3N3O/c1-3-10-28(21(30)15-6-5-7-16(12-15)22(24,25)26)14-20-27-18-9-8-17(23)13-19(18)29(20)11-4-2/h5-9,12-13H,3-4,10-11,14H2,1-2H3. The van der Waals surface area contributed by atoms with Gasteiger partial charge in [0.25, 0.3) is 5.91 Å². The molecule has 30 heavy (non-hydrogen) atoms. The lowest BCUT2D eigenvalue weighted by Crippen LogP contribution is -2.32. The molecule has 4 nitrogen and oxygen atoms in total. The first-order valence-corrected chi connectivity index (χ1v) is 10.2. The lowest BCUT2D eigenvalue weighted by Gasteiger charge is -2.23. The number of hydrogen-bond donors (Lipinski definition) is 0. The van der Waals surface area contributed by atoms with Gasteiger partial charge in [-0.2, -0.15) is 13.2 Å². The van der Waals surface area contributed by atoms with E-state index in [1.807, 2.05) is 30.5 Å². The molecule has 0 atom stereocenters. The van der Waals surface area contributed by atoms with Gasteiger partial charge in [0, 0.05) is 23.7 Å². The van der Waals surface area contributed by atoms with Gasteiger partial charge in [0.2, 0.25) is 0 Å². The number of carbonyl (C=O) groups is 1. The summed E-state index contributed by atoms with van der Waals surface area (Å²) in [4.78, 5) is 19.3. The Bertz CT molecular complexity index is 1050. The highest BCUT2D eigenvalue weighted by Gasteiger charge is 2.31. The molecule has 0 unspecified atom stereocenters. The third-order valence-corrected chi connectivity index (χ3v) is 5.02. The van der Waals surface area contributed by atoms with E-state index in [1.165, 1.54) is 12.1 Å². The summed E-state index contributed by atoms with van der Waals surface area (Å²) < 4.78 is 41.2. The zero-order valence-corrected chi connectivity index (χ0v) is 17.6. The second-order valence-electron chi connectivity index (χ2n) is 7.12. The molecule has 1 aromatic heterocycles. The summed E-state index contributed by atoms with van der Waals surface area (Å²) in [6.07, 6.45) is -2.97. The molecule has 0 aliphatic heterocycles. The molecule has 160 valence electrons. The predicted octanol–water partition coefficient (Wildman–Crippen LogP) is 6.17. The summed E-state index contributed by atoms with van der Waals surface area (Å²) in [6.45, 7) is 5.27. The minimum Gasteiger partial charge on any atom is -0.331 e. The molecule has 2 aromatic carbocycles. The van der Waals surface area contributed by atoms with Crippen molar-refractivity contribution in [3.8, 4) is 0 Å². The van der Waals surface area contributed by atoms with E-state index in [0.29, 0.717) is 30.4 Å². The van der Waals surface area contributed by atoms with Crippen molar-refractivity contribution in [1.82, 2.24) is 14.5 Å². The van der Waals surface area contributed by atoms with Gasteiger partial charge in [-0.15, -0.1) is 0 Å². The first-order valence-electron chi connectivity index (χ1n) is 9.85. The van der Waals surface area contributed by atoms with E-state index < -0.39 is 17.6 Å². The molecule has 0 fully saturated rings. The van der Waals surface area contributed by atoms with E-state index in [0.717, 1.165) is 29.6 Å². The van der Waals surface area contributed by atoms with Crippen LogP contribution in [-0.2, 0) is 19.3 Å². The van der Waals surface area contributed by atoms with Crippen molar-refractivity contribution < 1.29 is 18.0 Å². The van der Waals surface area contributed by atoms with E-state index in [2.05, 4.69) is 4.98 Å². The fourth-order valence-corrected chi connectivity index (χ4v) is 3.61. The van der Waals surface area contributed by atoms with Gasteiger partial charge in [0.15, 0.2) is 0 Å². The van der Waals surface area contributed by atoms with E-state index in [-0.39, 0.29) is 12.1 Å². The number of nitrogens with zero attached hydrogens (tertiary/aromatic N) is 3. The van der Waals surface area contributed by atoms with Crippen LogP contribution in [0.1, 0.15) is 48.4 Å². The summed E-state index contributed by atoms with van der Waals surface area (Å²) in [7, 11) is 0. The molecule has 0 aliphatic carbocycles. The number of amides is 1. The normalized spacial score (nSPS) is 11.8. The molecular formula is C22H23ClF3N3O. The van der Waals surface area contributed by atoms with Crippen LogP contribution in [0, 0.1) is 0 Å². The Hall–Kier alpha value is -2.54. The molecule has 8 heteroatoms. The van der Waals surface area contributed by atoms with Crippen LogP contribution in [0.2, 0.25) is 5.02 Å². The van der Waals surface area contributed by atoms with Crippen molar-refractivity contribution >= 4 is 28.5 Å². The second-order valence-corrected chi connectivity index (χ2v) is 7.55. The minimum absolute atomic E-state index is 0.0134. The molecule has 0 N–H and O–H groups in total. The van der Waals surface area contributed by atoms with Gasteiger partial charge in [0.05, 0.1) is 23.1 Å². The first-order chi connectivity index (χ1) is 14.2. The van der Waals surface area contributed by atoms with E-state index in [9.17, 15) is 18.0 Å². The van der Waals surface area contributed by atoms with E-state index in [4.69, 9.17) is 11.6 Å². The van der Waals surface area contributed by atoms with E-state index in [1.54, 1.807) is 11.0 Å². The largest absolute Gasteiger partial charge is 0.416 e. The number of carbonyl (C=O) groups excluding carboxylic acids is 1. The fourth-order valence-electron chi connectivity index (χ4n) is 3.44. The summed E-state index contributed by atoms with van der Waals surface area (Å²) in [5.41, 5.74) is 0.824. The van der Waals surface area contributed by atoms with Gasteiger partial charge in [-0.3, -0.25) is 4.79 Å². The molecule has 0 aliphatic rings. The maximum atomic E-state index is 13.1. The summed E-state index contributed by atoms with van der Waals surface area (Å²) in [5.74, 6) is 0.235. The lowest BCUT2D eigenvalue weighted by molar-refractivity contribution is -0.137. The minimum atomic E-state index is -4.50. The maximum absolute atomic E-state index is 13.1. The molecule has 0 saturated heterocycles. The van der Waals surface area contributed by atoms with Crippen molar-refractivity contribution in [2.24, 2.45) is 0 Å². The number of fused-ring (bicyclic) bond motifs is 1. The average Bonchev–Trinajstić information content (AvgIpc) is 3.03. The number of alkyl halides is 3. The van der Waals surface area contributed by atoms with Crippen LogP contribution in [0.15, 0.2) is 42.5 Å². The zero-order valence-electron chi connectivity index (χ0n) is 16.8. The summed E-state index contributed by atoms with van der Waals surface area (Å²) in [6, 6.07) is 9.96. The van der Waals surface area contributed by atoms with Crippen LogP contribution in [0.4, 0.5) is 13.2 Å². The van der Waals surface area contributed by atoms with Crippen molar-refractivity contribution in [1.29, 1.82) is 0 Å². The van der Waals surface area contributed by atoms with Gasteiger partial charge < -0.3 is 9.47 Å². The Balaban J connectivity index is 1.96. The third-order valence-electron chi connectivity index (χ3n) is 4.79. The number of aromatic nitrogens is 2. The zero-order chi connectivity index (χ0) is 21.9. The Morgan fingerprint density at radius 2 is 1.90 bits per heavy atom. The molecule has 0 bridgehead atoms. The van der Waals surface area contributed by atoms with Crippen LogP contribution in [0.3, 0.4) is 0 Å². The Kier molecular flexibility index (Phi) is 6.71. The van der Waals surface area contributed by atoms with Crippen LogP contribution < -0.4 is 0 Å². The fraction of sp³-hybridized carbons (Fsp3) is 0.364. The quantitative estimate of drug-likeness (QED) is 0.443. The topological polar surface area (TPSA) is 38.1 Å². The second kappa shape index (κ2) is 9.08.